The van der Waals surface area contributed by atoms with E-state index in [1.807, 2.05) is 6.92 Å². The maximum Gasteiger partial charge on any atom is 0.319 e. The molecule has 0 saturated heterocycles. The highest BCUT2D eigenvalue weighted by molar-refractivity contribution is 5.76. The maximum atomic E-state index is 11.9. The summed E-state index contributed by atoms with van der Waals surface area (Å²) in [5.41, 5.74) is 0. The first kappa shape index (κ1) is 20.9. The molecule has 5 heteroatoms. The number of nitrogens with one attached hydrogen (secondary N) is 2. The second-order valence-corrected chi connectivity index (χ2v) is 6.81. The SMILES string of the molecule is CCOC(=O)CNCCCCCCCNC(=O)CC1CCCCC1. The maximum absolute atomic E-state index is 11.9. The minimum atomic E-state index is -0.179. The second kappa shape index (κ2) is 14.3. The van der Waals surface area contributed by atoms with Crippen LogP contribution in [0.1, 0.15) is 77.6 Å². The molecule has 2 N–H and O–H groups in total. The summed E-state index contributed by atoms with van der Waals surface area (Å²) in [6.07, 6.45) is 12.8. The highest BCUT2D eigenvalue weighted by Gasteiger charge is 2.16. The third-order valence-electron chi connectivity index (χ3n) is 4.63. The van der Waals surface area contributed by atoms with Crippen LogP contribution in [0.3, 0.4) is 0 Å². The highest BCUT2D eigenvalue weighted by atomic mass is 16.5. The van der Waals surface area contributed by atoms with Gasteiger partial charge in [-0.3, -0.25) is 9.59 Å². The molecule has 1 fully saturated rings. The van der Waals surface area contributed by atoms with E-state index in [0.717, 1.165) is 45.2 Å². The van der Waals surface area contributed by atoms with Crippen LogP contribution in [0.15, 0.2) is 0 Å². The number of hydrogen-bond acceptors (Lipinski definition) is 4. The van der Waals surface area contributed by atoms with Crippen LogP contribution in [0.25, 0.3) is 0 Å². The average Bonchev–Trinajstić information content (AvgIpc) is 2.57. The summed E-state index contributed by atoms with van der Waals surface area (Å²) in [6, 6.07) is 0. The molecule has 0 aromatic rings. The molecule has 5 nitrogen and oxygen atoms in total. The van der Waals surface area contributed by atoms with Crippen LogP contribution in [0.5, 0.6) is 0 Å². The Hall–Kier alpha value is -1.10. The van der Waals surface area contributed by atoms with Gasteiger partial charge in [0, 0.05) is 13.0 Å². The lowest BCUT2D eigenvalue weighted by Gasteiger charge is -2.20. The van der Waals surface area contributed by atoms with E-state index >= 15 is 0 Å². The molecule has 140 valence electrons. The van der Waals surface area contributed by atoms with Gasteiger partial charge in [-0.2, -0.15) is 0 Å². The number of unbranched alkanes of at least 4 members (excludes halogenated alkanes) is 4. The number of carbonyl (C=O) groups is 2. The van der Waals surface area contributed by atoms with Crippen molar-refractivity contribution >= 4 is 11.9 Å². The van der Waals surface area contributed by atoms with E-state index in [2.05, 4.69) is 10.6 Å². The summed E-state index contributed by atoms with van der Waals surface area (Å²) < 4.78 is 4.85. The molecular weight excluding hydrogens is 304 g/mol. The van der Waals surface area contributed by atoms with Gasteiger partial charge in [-0.1, -0.05) is 38.5 Å². The Morgan fingerprint density at radius 3 is 2.33 bits per heavy atom. The number of ether oxygens (including phenoxy) is 1. The smallest absolute Gasteiger partial charge is 0.319 e. The van der Waals surface area contributed by atoms with Gasteiger partial charge in [0.05, 0.1) is 13.2 Å². The van der Waals surface area contributed by atoms with Crippen molar-refractivity contribution in [3.63, 3.8) is 0 Å². The van der Waals surface area contributed by atoms with E-state index in [1.165, 1.54) is 38.5 Å². The molecule has 0 bridgehead atoms. The van der Waals surface area contributed by atoms with Crippen molar-refractivity contribution in [1.29, 1.82) is 0 Å². The summed E-state index contributed by atoms with van der Waals surface area (Å²) >= 11 is 0. The predicted molar refractivity (Wildman–Crippen MR) is 96.8 cm³/mol. The molecule has 0 unspecified atom stereocenters. The van der Waals surface area contributed by atoms with E-state index in [4.69, 9.17) is 4.74 Å². The van der Waals surface area contributed by atoms with Crippen LogP contribution in [0, 0.1) is 5.92 Å². The number of hydrogen-bond donors (Lipinski definition) is 2. The number of rotatable bonds is 13. The lowest BCUT2D eigenvalue weighted by Crippen LogP contribution is -2.27. The topological polar surface area (TPSA) is 67.4 Å². The van der Waals surface area contributed by atoms with Gasteiger partial charge in [0.2, 0.25) is 5.91 Å². The summed E-state index contributed by atoms with van der Waals surface area (Å²) in [5.74, 6) is 0.687. The van der Waals surface area contributed by atoms with Crippen LogP contribution < -0.4 is 10.6 Å². The Morgan fingerprint density at radius 2 is 1.62 bits per heavy atom. The minimum absolute atomic E-state index is 0.179. The van der Waals surface area contributed by atoms with Gasteiger partial charge < -0.3 is 15.4 Å². The van der Waals surface area contributed by atoms with Crippen molar-refractivity contribution < 1.29 is 14.3 Å². The molecule has 0 radical (unpaired) electrons. The quantitative estimate of drug-likeness (QED) is 0.399. The van der Waals surface area contributed by atoms with Gasteiger partial charge in [-0.05, 0) is 45.1 Å². The molecule has 0 spiro atoms. The van der Waals surface area contributed by atoms with Crippen molar-refractivity contribution in [1.82, 2.24) is 10.6 Å². The standard InChI is InChI=1S/C19H36N2O3/c1-2-24-19(23)16-20-13-9-4-3-5-10-14-21-18(22)15-17-11-7-6-8-12-17/h17,20H,2-16H2,1H3,(H,21,22). The molecular formula is C19H36N2O3. The summed E-state index contributed by atoms with van der Waals surface area (Å²) in [5, 5.41) is 6.16. The van der Waals surface area contributed by atoms with E-state index in [0.29, 0.717) is 19.1 Å². The fourth-order valence-electron chi connectivity index (χ4n) is 3.26. The first-order chi connectivity index (χ1) is 11.7. The largest absolute Gasteiger partial charge is 0.465 e. The molecule has 1 amide bonds. The fraction of sp³-hybridized carbons (Fsp3) is 0.895. The molecule has 0 aromatic carbocycles. The molecule has 0 aliphatic heterocycles. The molecule has 0 atom stereocenters. The number of esters is 1. The van der Waals surface area contributed by atoms with Gasteiger partial charge in [-0.15, -0.1) is 0 Å². The third-order valence-corrected chi connectivity index (χ3v) is 4.63. The second-order valence-electron chi connectivity index (χ2n) is 6.81. The zero-order chi connectivity index (χ0) is 17.5. The summed E-state index contributed by atoms with van der Waals surface area (Å²) in [6.45, 7) is 4.23. The van der Waals surface area contributed by atoms with Gasteiger partial charge in [0.15, 0.2) is 0 Å². The van der Waals surface area contributed by atoms with Crippen molar-refractivity contribution in [3.8, 4) is 0 Å². The first-order valence-electron chi connectivity index (χ1n) is 9.85. The fourth-order valence-corrected chi connectivity index (χ4v) is 3.26. The van der Waals surface area contributed by atoms with Crippen molar-refractivity contribution in [2.75, 3.05) is 26.2 Å². The molecule has 1 rings (SSSR count). The van der Waals surface area contributed by atoms with Crippen LogP contribution in [0.4, 0.5) is 0 Å². The molecule has 1 aliphatic rings. The summed E-state index contributed by atoms with van der Waals surface area (Å²) in [7, 11) is 0. The van der Waals surface area contributed by atoms with Crippen LogP contribution in [0.2, 0.25) is 0 Å². The Kier molecular flexibility index (Phi) is 12.4. The van der Waals surface area contributed by atoms with E-state index in [-0.39, 0.29) is 11.9 Å². The third kappa shape index (κ3) is 11.4. The minimum Gasteiger partial charge on any atom is -0.465 e. The zero-order valence-electron chi connectivity index (χ0n) is 15.4. The first-order valence-corrected chi connectivity index (χ1v) is 9.85. The molecule has 1 saturated carbocycles. The number of carbonyl (C=O) groups excluding carboxylic acids is 2. The van der Waals surface area contributed by atoms with E-state index < -0.39 is 0 Å². The lowest BCUT2D eigenvalue weighted by molar-refractivity contribution is -0.142. The summed E-state index contributed by atoms with van der Waals surface area (Å²) in [4.78, 5) is 23.0. The predicted octanol–water partition coefficient (Wildman–Crippen LogP) is 3.18. The van der Waals surface area contributed by atoms with Gasteiger partial charge in [0.25, 0.3) is 0 Å². The van der Waals surface area contributed by atoms with Crippen LogP contribution in [-0.2, 0) is 14.3 Å². The van der Waals surface area contributed by atoms with Crippen molar-refractivity contribution in [2.24, 2.45) is 5.92 Å². The Bertz CT molecular complexity index is 342. The Balaban J connectivity index is 1.81. The molecule has 0 heterocycles. The monoisotopic (exact) mass is 340 g/mol. The molecule has 24 heavy (non-hydrogen) atoms. The molecule has 1 aliphatic carbocycles. The van der Waals surface area contributed by atoms with E-state index in [9.17, 15) is 9.59 Å². The molecule has 0 aromatic heterocycles. The normalized spacial score (nSPS) is 15.2. The van der Waals surface area contributed by atoms with E-state index in [1.54, 1.807) is 0 Å². The van der Waals surface area contributed by atoms with Crippen LogP contribution >= 0.6 is 0 Å². The van der Waals surface area contributed by atoms with Gasteiger partial charge in [0.1, 0.15) is 0 Å². The highest BCUT2D eigenvalue weighted by Crippen LogP contribution is 2.25. The Morgan fingerprint density at radius 1 is 0.958 bits per heavy atom. The van der Waals surface area contributed by atoms with Crippen LogP contribution in [-0.4, -0.2) is 38.1 Å². The van der Waals surface area contributed by atoms with Gasteiger partial charge in [-0.25, -0.2) is 0 Å². The van der Waals surface area contributed by atoms with Gasteiger partial charge >= 0.3 is 5.97 Å². The van der Waals surface area contributed by atoms with Crippen molar-refractivity contribution in [3.05, 3.63) is 0 Å². The zero-order valence-corrected chi connectivity index (χ0v) is 15.4. The number of amides is 1. The van der Waals surface area contributed by atoms with Crippen molar-refractivity contribution in [2.45, 2.75) is 77.6 Å². The average molecular weight is 341 g/mol. The lowest BCUT2D eigenvalue weighted by atomic mass is 9.87. The Labute approximate surface area is 147 Å².